The fraction of sp³-hybridized carbons (Fsp3) is 0.182. The fourth-order valence-corrected chi connectivity index (χ4v) is 2.99. The first-order valence-electron chi connectivity index (χ1n) is 8.75. The van der Waals surface area contributed by atoms with Crippen LogP contribution in [-0.4, -0.2) is 10.9 Å². The Bertz CT molecular complexity index is 914. The SMILES string of the molecule is CCc1ccccc1Nc1cncc(C(=O)Nc2cc(C)cc(C)c2)c1. The lowest BCUT2D eigenvalue weighted by molar-refractivity contribution is 0.102. The van der Waals surface area contributed by atoms with Crippen LogP contribution in [-0.2, 0) is 6.42 Å². The third-order valence-corrected chi connectivity index (χ3v) is 4.16. The molecule has 26 heavy (non-hydrogen) atoms. The summed E-state index contributed by atoms with van der Waals surface area (Å²) < 4.78 is 0. The van der Waals surface area contributed by atoms with Gasteiger partial charge in [0.1, 0.15) is 0 Å². The number of nitrogens with zero attached hydrogens (tertiary/aromatic N) is 1. The summed E-state index contributed by atoms with van der Waals surface area (Å²) in [6.45, 7) is 6.15. The Balaban J connectivity index is 1.79. The molecule has 132 valence electrons. The maximum Gasteiger partial charge on any atom is 0.257 e. The first kappa shape index (κ1) is 17.7. The molecule has 0 saturated heterocycles. The van der Waals surface area contributed by atoms with E-state index in [4.69, 9.17) is 0 Å². The van der Waals surface area contributed by atoms with Crippen LogP contribution in [0.15, 0.2) is 60.9 Å². The summed E-state index contributed by atoms with van der Waals surface area (Å²) in [6, 6.07) is 15.9. The van der Waals surface area contributed by atoms with Crippen LogP contribution in [0.4, 0.5) is 17.1 Å². The van der Waals surface area contributed by atoms with Gasteiger partial charge in [0.05, 0.1) is 17.4 Å². The molecule has 2 aromatic carbocycles. The Morgan fingerprint density at radius 3 is 2.42 bits per heavy atom. The van der Waals surface area contributed by atoms with Crippen molar-refractivity contribution in [1.29, 1.82) is 0 Å². The second-order valence-corrected chi connectivity index (χ2v) is 6.43. The predicted molar refractivity (Wildman–Crippen MR) is 107 cm³/mol. The van der Waals surface area contributed by atoms with E-state index in [0.29, 0.717) is 5.56 Å². The number of anilines is 3. The summed E-state index contributed by atoms with van der Waals surface area (Å²) in [6.07, 6.45) is 4.23. The smallest absolute Gasteiger partial charge is 0.257 e. The van der Waals surface area contributed by atoms with E-state index in [-0.39, 0.29) is 5.91 Å². The third-order valence-electron chi connectivity index (χ3n) is 4.16. The van der Waals surface area contributed by atoms with Gasteiger partial charge < -0.3 is 10.6 Å². The van der Waals surface area contributed by atoms with Crippen molar-refractivity contribution in [2.24, 2.45) is 0 Å². The van der Waals surface area contributed by atoms with Crippen molar-refractivity contribution in [3.63, 3.8) is 0 Å². The van der Waals surface area contributed by atoms with Crippen molar-refractivity contribution in [2.75, 3.05) is 10.6 Å². The highest BCUT2D eigenvalue weighted by Crippen LogP contribution is 2.22. The molecular formula is C22H23N3O. The molecule has 3 aromatic rings. The van der Waals surface area contributed by atoms with E-state index in [0.717, 1.165) is 34.6 Å². The van der Waals surface area contributed by atoms with Gasteiger partial charge in [0.15, 0.2) is 0 Å². The molecule has 1 heterocycles. The van der Waals surface area contributed by atoms with Crippen LogP contribution < -0.4 is 10.6 Å². The molecule has 0 spiro atoms. The quantitative estimate of drug-likeness (QED) is 0.663. The lowest BCUT2D eigenvalue weighted by atomic mass is 10.1. The highest BCUT2D eigenvalue weighted by molar-refractivity contribution is 6.04. The minimum Gasteiger partial charge on any atom is -0.354 e. The molecule has 0 bridgehead atoms. The number of hydrogen-bond donors (Lipinski definition) is 2. The molecule has 0 aliphatic carbocycles. The maximum absolute atomic E-state index is 12.6. The molecule has 4 heteroatoms. The van der Waals surface area contributed by atoms with E-state index in [1.165, 1.54) is 5.56 Å². The number of carbonyl (C=O) groups excluding carboxylic acids is 1. The van der Waals surface area contributed by atoms with Crippen LogP contribution in [0.3, 0.4) is 0 Å². The maximum atomic E-state index is 12.6. The summed E-state index contributed by atoms with van der Waals surface area (Å²) in [4.78, 5) is 16.8. The Morgan fingerprint density at radius 2 is 1.69 bits per heavy atom. The standard InChI is InChI=1S/C22H23N3O/c1-4-17-7-5-6-8-21(17)24-20-12-18(13-23-14-20)22(26)25-19-10-15(2)9-16(3)11-19/h5-14,24H,4H2,1-3H3,(H,25,26). The Morgan fingerprint density at radius 1 is 0.962 bits per heavy atom. The number of benzene rings is 2. The summed E-state index contributed by atoms with van der Waals surface area (Å²) in [5.74, 6) is -0.171. The number of pyridine rings is 1. The molecule has 0 fully saturated rings. The second kappa shape index (κ2) is 7.83. The Hall–Kier alpha value is -3.14. The van der Waals surface area contributed by atoms with E-state index in [1.54, 1.807) is 12.4 Å². The zero-order chi connectivity index (χ0) is 18.5. The number of aryl methyl sites for hydroxylation is 3. The van der Waals surface area contributed by atoms with Crippen LogP contribution in [0.5, 0.6) is 0 Å². The lowest BCUT2D eigenvalue weighted by Gasteiger charge is -2.12. The zero-order valence-electron chi connectivity index (χ0n) is 15.3. The van der Waals surface area contributed by atoms with Gasteiger partial charge in [0.2, 0.25) is 0 Å². The predicted octanol–water partition coefficient (Wildman–Crippen LogP) is 5.26. The zero-order valence-corrected chi connectivity index (χ0v) is 15.3. The van der Waals surface area contributed by atoms with Crippen molar-refractivity contribution in [2.45, 2.75) is 27.2 Å². The van der Waals surface area contributed by atoms with Gasteiger partial charge in [0.25, 0.3) is 5.91 Å². The summed E-state index contributed by atoms with van der Waals surface area (Å²) >= 11 is 0. The van der Waals surface area contributed by atoms with E-state index >= 15 is 0 Å². The minimum absolute atomic E-state index is 0.171. The average molecular weight is 345 g/mol. The normalized spacial score (nSPS) is 10.4. The van der Waals surface area contributed by atoms with Crippen molar-refractivity contribution in [3.8, 4) is 0 Å². The van der Waals surface area contributed by atoms with Gasteiger partial charge in [0, 0.05) is 17.6 Å². The molecular weight excluding hydrogens is 322 g/mol. The van der Waals surface area contributed by atoms with Crippen LogP contribution in [0.1, 0.15) is 34.0 Å². The highest BCUT2D eigenvalue weighted by atomic mass is 16.1. The van der Waals surface area contributed by atoms with Crippen molar-refractivity contribution in [1.82, 2.24) is 4.98 Å². The number of hydrogen-bond acceptors (Lipinski definition) is 3. The van der Waals surface area contributed by atoms with E-state index in [1.807, 2.05) is 50.2 Å². The molecule has 4 nitrogen and oxygen atoms in total. The van der Waals surface area contributed by atoms with Gasteiger partial charge >= 0.3 is 0 Å². The number of aromatic nitrogens is 1. The number of rotatable bonds is 5. The van der Waals surface area contributed by atoms with Gasteiger partial charge in [-0.05, 0) is 61.2 Å². The summed E-state index contributed by atoms with van der Waals surface area (Å²) in [5, 5.41) is 6.31. The van der Waals surface area contributed by atoms with Gasteiger partial charge in [-0.2, -0.15) is 0 Å². The van der Waals surface area contributed by atoms with E-state index < -0.39 is 0 Å². The number of carbonyl (C=O) groups is 1. The largest absolute Gasteiger partial charge is 0.354 e. The van der Waals surface area contributed by atoms with Crippen molar-refractivity contribution in [3.05, 3.63) is 83.2 Å². The molecule has 3 rings (SSSR count). The van der Waals surface area contributed by atoms with Crippen LogP contribution in [0.25, 0.3) is 0 Å². The molecule has 0 radical (unpaired) electrons. The van der Waals surface area contributed by atoms with Crippen LogP contribution in [0.2, 0.25) is 0 Å². The summed E-state index contributed by atoms with van der Waals surface area (Å²) in [5.41, 5.74) is 6.58. The molecule has 0 atom stereocenters. The molecule has 2 N–H and O–H groups in total. The molecule has 0 aliphatic heterocycles. The van der Waals surface area contributed by atoms with Gasteiger partial charge in [-0.3, -0.25) is 9.78 Å². The number of nitrogens with one attached hydrogen (secondary N) is 2. The van der Waals surface area contributed by atoms with Gasteiger partial charge in [-0.25, -0.2) is 0 Å². The lowest BCUT2D eigenvalue weighted by Crippen LogP contribution is -2.12. The molecule has 0 unspecified atom stereocenters. The van der Waals surface area contributed by atoms with Gasteiger partial charge in [-0.15, -0.1) is 0 Å². The third kappa shape index (κ3) is 4.28. The first-order valence-corrected chi connectivity index (χ1v) is 8.75. The highest BCUT2D eigenvalue weighted by Gasteiger charge is 2.09. The second-order valence-electron chi connectivity index (χ2n) is 6.43. The van der Waals surface area contributed by atoms with Crippen LogP contribution in [0, 0.1) is 13.8 Å². The molecule has 0 aliphatic rings. The number of amides is 1. The monoisotopic (exact) mass is 345 g/mol. The topological polar surface area (TPSA) is 54.0 Å². The minimum atomic E-state index is -0.171. The average Bonchev–Trinajstić information content (AvgIpc) is 2.61. The van der Waals surface area contributed by atoms with E-state index in [9.17, 15) is 4.79 Å². The number of para-hydroxylation sites is 1. The fourth-order valence-electron chi connectivity index (χ4n) is 2.99. The first-order chi connectivity index (χ1) is 12.5. The van der Waals surface area contributed by atoms with Gasteiger partial charge in [-0.1, -0.05) is 31.2 Å². The van der Waals surface area contributed by atoms with Crippen molar-refractivity contribution < 1.29 is 4.79 Å². The Kier molecular flexibility index (Phi) is 5.32. The van der Waals surface area contributed by atoms with E-state index in [2.05, 4.69) is 34.7 Å². The van der Waals surface area contributed by atoms with Crippen LogP contribution >= 0.6 is 0 Å². The summed E-state index contributed by atoms with van der Waals surface area (Å²) in [7, 11) is 0. The Labute approximate surface area is 154 Å². The molecule has 1 amide bonds. The molecule has 1 aromatic heterocycles. The molecule has 0 saturated carbocycles. The van der Waals surface area contributed by atoms with Crippen molar-refractivity contribution >= 4 is 23.0 Å².